The van der Waals surface area contributed by atoms with Crippen LogP contribution in [0.5, 0.6) is 0 Å². The molecule has 0 aliphatic carbocycles. The molecule has 2 aromatic rings. The summed E-state index contributed by atoms with van der Waals surface area (Å²) in [6.45, 7) is 5.04. The van der Waals surface area contributed by atoms with Crippen molar-refractivity contribution in [3.8, 4) is 0 Å². The summed E-state index contributed by atoms with van der Waals surface area (Å²) in [5.74, 6) is -1.07. The molecule has 0 saturated carbocycles. The van der Waals surface area contributed by atoms with E-state index in [1.165, 1.54) is 36.7 Å². The van der Waals surface area contributed by atoms with Crippen LogP contribution in [0.25, 0.3) is 10.9 Å². The molecule has 0 aliphatic heterocycles. The van der Waals surface area contributed by atoms with Crippen LogP contribution in [0.3, 0.4) is 0 Å². The number of alkyl halides is 3. The minimum Gasteiger partial charge on any atom is -0.481 e. The second-order valence-corrected chi connectivity index (χ2v) is 5.46. The molecule has 3 nitrogen and oxygen atoms in total. The Morgan fingerprint density at radius 2 is 1.86 bits per heavy atom. The number of hydrogen-bond acceptors (Lipinski definition) is 1. The molecule has 1 heterocycles. The van der Waals surface area contributed by atoms with Crippen molar-refractivity contribution < 1.29 is 23.1 Å². The molecule has 2 rings (SSSR count). The summed E-state index contributed by atoms with van der Waals surface area (Å²) in [4.78, 5) is 11.4. The average Bonchev–Trinajstić information content (AvgIpc) is 2.76. The third-order valence-electron chi connectivity index (χ3n) is 3.75. The smallest absolute Gasteiger partial charge is 0.418 e. The lowest BCUT2D eigenvalue weighted by molar-refractivity contribution is -0.142. The maximum atomic E-state index is 13.2. The summed E-state index contributed by atoms with van der Waals surface area (Å²) in [5, 5.41) is 9.67. The second-order valence-electron chi connectivity index (χ2n) is 5.46. The van der Waals surface area contributed by atoms with Crippen LogP contribution in [0.1, 0.15) is 31.9 Å². The lowest BCUT2D eigenvalue weighted by Crippen LogP contribution is -2.28. The van der Waals surface area contributed by atoms with Gasteiger partial charge in [0.05, 0.1) is 16.5 Å². The van der Waals surface area contributed by atoms with Crippen molar-refractivity contribution in [1.82, 2.24) is 4.57 Å². The van der Waals surface area contributed by atoms with Gasteiger partial charge in [-0.15, -0.1) is 0 Å². The zero-order valence-corrected chi connectivity index (χ0v) is 12.0. The maximum absolute atomic E-state index is 13.2. The first-order valence-electron chi connectivity index (χ1n) is 6.53. The zero-order valence-electron chi connectivity index (χ0n) is 12.0. The number of hydrogen-bond donors (Lipinski definition) is 1. The first-order valence-corrected chi connectivity index (χ1v) is 6.53. The van der Waals surface area contributed by atoms with Gasteiger partial charge < -0.3 is 9.67 Å². The van der Waals surface area contributed by atoms with Crippen LogP contribution in [-0.2, 0) is 22.9 Å². The van der Waals surface area contributed by atoms with Gasteiger partial charge in [0.25, 0.3) is 0 Å². The lowest BCUT2D eigenvalue weighted by Gasteiger charge is -2.18. The fourth-order valence-electron chi connectivity index (χ4n) is 2.45. The first kappa shape index (κ1) is 15.4. The number of aryl methyl sites for hydroxylation is 1. The van der Waals surface area contributed by atoms with Crippen LogP contribution in [0.4, 0.5) is 13.2 Å². The molecule has 0 amide bonds. The van der Waals surface area contributed by atoms with Crippen LogP contribution in [0.15, 0.2) is 24.4 Å². The molecular weight excluding hydrogens is 283 g/mol. The largest absolute Gasteiger partial charge is 0.481 e. The quantitative estimate of drug-likeness (QED) is 0.929. The number of nitrogens with zero attached hydrogens (tertiary/aromatic N) is 1. The molecule has 0 spiro atoms. The minimum absolute atomic E-state index is 0.0387. The van der Waals surface area contributed by atoms with Gasteiger partial charge >= 0.3 is 12.1 Å². The van der Waals surface area contributed by atoms with E-state index in [9.17, 15) is 23.1 Å². The van der Waals surface area contributed by atoms with E-state index in [-0.39, 0.29) is 5.52 Å². The number of benzene rings is 1. The third kappa shape index (κ3) is 2.39. The summed E-state index contributed by atoms with van der Waals surface area (Å²) in [6.07, 6.45) is -2.97. The fourth-order valence-corrected chi connectivity index (χ4v) is 2.45. The molecule has 0 unspecified atom stereocenters. The summed E-state index contributed by atoms with van der Waals surface area (Å²) in [7, 11) is 0. The molecule has 114 valence electrons. The Kier molecular flexibility index (Phi) is 3.51. The van der Waals surface area contributed by atoms with Crippen LogP contribution >= 0.6 is 0 Å². The van der Waals surface area contributed by atoms with Gasteiger partial charge in [-0.25, -0.2) is 0 Å². The third-order valence-corrected chi connectivity index (χ3v) is 3.75. The van der Waals surface area contributed by atoms with Gasteiger partial charge in [0.1, 0.15) is 0 Å². The SMILES string of the molecule is CCn1cc(C(C)(C)C(=O)O)c2cccc(C(F)(F)F)c21. The predicted octanol–water partition coefficient (Wildman–Crippen LogP) is 4.04. The molecule has 0 radical (unpaired) electrons. The van der Waals surface area contributed by atoms with Crippen molar-refractivity contribution >= 4 is 16.9 Å². The summed E-state index contributed by atoms with van der Waals surface area (Å²) in [6, 6.07) is 3.87. The summed E-state index contributed by atoms with van der Waals surface area (Å²) < 4.78 is 41.0. The van der Waals surface area contributed by atoms with Gasteiger partial charge in [0.15, 0.2) is 0 Å². The number of halogens is 3. The van der Waals surface area contributed by atoms with Crippen molar-refractivity contribution in [3.05, 3.63) is 35.5 Å². The number of rotatable bonds is 3. The predicted molar refractivity (Wildman–Crippen MR) is 73.3 cm³/mol. The molecular formula is C15H16F3NO2. The van der Waals surface area contributed by atoms with Crippen LogP contribution in [-0.4, -0.2) is 15.6 Å². The Labute approximate surface area is 120 Å². The van der Waals surface area contributed by atoms with Crippen LogP contribution in [0, 0.1) is 0 Å². The topological polar surface area (TPSA) is 42.2 Å². The van der Waals surface area contributed by atoms with Gasteiger partial charge in [0.2, 0.25) is 0 Å². The molecule has 0 saturated heterocycles. The number of fused-ring (bicyclic) bond motifs is 1. The number of carboxylic acids is 1. The van der Waals surface area contributed by atoms with Gasteiger partial charge in [-0.2, -0.15) is 13.2 Å². The van der Waals surface area contributed by atoms with E-state index in [0.717, 1.165) is 6.07 Å². The zero-order chi connectivity index (χ0) is 16.0. The molecule has 1 aromatic carbocycles. The van der Waals surface area contributed by atoms with Crippen molar-refractivity contribution in [1.29, 1.82) is 0 Å². The molecule has 0 bridgehead atoms. The molecule has 1 N–H and O–H groups in total. The highest BCUT2D eigenvalue weighted by atomic mass is 19.4. The van der Waals surface area contributed by atoms with E-state index in [1.807, 2.05) is 0 Å². The molecule has 0 atom stereocenters. The van der Waals surface area contributed by atoms with E-state index in [1.54, 1.807) is 6.92 Å². The Hall–Kier alpha value is -1.98. The van der Waals surface area contributed by atoms with Gasteiger partial charge in [0, 0.05) is 18.1 Å². The van der Waals surface area contributed by atoms with Crippen molar-refractivity contribution in [2.75, 3.05) is 0 Å². The number of aromatic nitrogens is 1. The highest BCUT2D eigenvalue weighted by Crippen LogP contribution is 2.39. The van der Waals surface area contributed by atoms with Crippen molar-refractivity contribution in [2.45, 2.75) is 38.9 Å². The van der Waals surface area contributed by atoms with Crippen molar-refractivity contribution in [3.63, 3.8) is 0 Å². The number of para-hydroxylation sites is 1. The Morgan fingerprint density at radius 1 is 1.24 bits per heavy atom. The van der Waals surface area contributed by atoms with E-state index >= 15 is 0 Å². The fraction of sp³-hybridized carbons (Fsp3) is 0.400. The van der Waals surface area contributed by atoms with E-state index < -0.39 is 23.1 Å². The standard InChI is InChI=1S/C15H16F3NO2/c1-4-19-8-11(14(2,3)13(20)21)9-6-5-7-10(12(9)19)15(16,17)18/h5-8H,4H2,1-3H3,(H,20,21). The van der Waals surface area contributed by atoms with E-state index in [4.69, 9.17) is 0 Å². The van der Waals surface area contributed by atoms with Crippen LogP contribution < -0.4 is 0 Å². The van der Waals surface area contributed by atoms with Gasteiger partial charge in [-0.05, 0) is 32.4 Å². The molecule has 21 heavy (non-hydrogen) atoms. The van der Waals surface area contributed by atoms with Gasteiger partial charge in [-0.1, -0.05) is 12.1 Å². The molecule has 6 heteroatoms. The Bertz CT molecular complexity index is 699. The maximum Gasteiger partial charge on any atom is 0.418 e. The summed E-state index contributed by atoms with van der Waals surface area (Å²) >= 11 is 0. The van der Waals surface area contributed by atoms with E-state index in [2.05, 4.69) is 0 Å². The summed E-state index contributed by atoms with van der Waals surface area (Å²) in [5.41, 5.74) is -1.58. The lowest BCUT2D eigenvalue weighted by atomic mass is 9.84. The monoisotopic (exact) mass is 299 g/mol. The van der Waals surface area contributed by atoms with E-state index in [0.29, 0.717) is 17.5 Å². The number of aliphatic carboxylic acids is 1. The highest BCUT2D eigenvalue weighted by Gasteiger charge is 2.37. The molecule has 1 aromatic heterocycles. The molecule has 0 aliphatic rings. The molecule has 0 fully saturated rings. The van der Waals surface area contributed by atoms with Crippen molar-refractivity contribution in [2.24, 2.45) is 0 Å². The number of carbonyl (C=O) groups is 1. The second kappa shape index (κ2) is 4.79. The highest BCUT2D eigenvalue weighted by molar-refractivity contribution is 5.93. The Morgan fingerprint density at radius 3 is 2.33 bits per heavy atom. The number of carboxylic acid groups (broad SMARTS) is 1. The van der Waals surface area contributed by atoms with Gasteiger partial charge in [-0.3, -0.25) is 4.79 Å². The van der Waals surface area contributed by atoms with Crippen LogP contribution in [0.2, 0.25) is 0 Å². The average molecular weight is 299 g/mol. The minimum atomic E-state index is -4.48. The Balaban J connectivity index is 2.88. The first-order chi connectivity index (χ1) is 9.60. The normalized spacial score (nSPS) is 12.9.